The predicted molar refractivity (Wildman–Crippen MR) is 123 cm³/mol. The van der Waals surface area contributed by atoms with E-state index in [-0.39, 0.29) is 17.7 Å². The van der Waals surface area contributed by atoms with Crippen molar-refractivity contribution in [3.8, 4) is 17.1 Å². The van der Waals surface area contributed by atoms with Gasteiger partial charge in [0.15, 0.2) is 11.0 Å². The van der Waals surface area contributed by atoms with Crippen molar-refractivity contribution in [2.45, 2.75) is 49.9 Å². The molecule has 1 N–H and O–H groups in total. The number of amides is 1. The molecule has 1 heterocycles. The van der Waals surface area contributed by atoms with Crippen LogP contribution in [0.1, 0.15) is 44.2 Å². The average molecular weight is 437 g/mol. The lowest BCUT2D eigenvalue weighted by atomic mass is 10.1. The molecule has 162 valence electrons. The fraction of sp³-hybridized carbons (Fsp3) is 0.375. The second-order valence-corrected chi connectivity index (χ2v) is 8.84. The molecule has 2 aromatic carbocycles. The maximum Gasteiger partial charge on any atom is 0.230 e. The number of carbonyl (C=O) groups excluding carboxylic acids is 1. The number of hydrogen-bond acceptors (Lipinski definition) is 5. The van der Waals surface area contributed by atoms with Gasteiger partial charge >= 0.3 is 0 Å². The summed E-state index contributed by atoms with van der Waals surface area (Å²) in [4.78, 5) is 12.4. The molecule has 1 aromatic heterocycles. The first-order chi connectivity index (χ1) is 15.1. The van der Waals surface area contributed by atoms with Gasteiger partial charge in [-0.25, -0.2) is 0 Å². The summed E-state index contributed by atoms with van der Waals surface area (Å²) in [6.45, 7) is 1.98. The largest absolute Gasteiger partial charge is 0.490 e. The van der Waals surface area contributed by atoms with Crippen molar-refractivity contribution in [3.63, 3.8) is 0 Å². The van der Waals surface area contributed by atoms with Gasteiger partial charge in [-0.2, -0.15) is 0 Å². The molecule has 4 rings (SSSR count). The number of rotatable bonds is 8. The molecule has 0 saturated heterocycles. The van der Waals surface area contributed by atoms with Gasteiger partial charge in [0.05, 0.1) is 17.9 Å². The zero-order valence-electron chi connectivity index (χ0n) is 18.0. The van der Waals surface area contributed by atoms with Crippen LogP contribution in [0.15, 0.2) is 59.8 Å². The minimum atomic E-state index is -0.0330. The monoisotopic (exact) mass is 436 g/mol. The van der Waals surface area contributed by atoms with E-state index in [0.29, 0.717) is 11.3 Å². The van der Waals surface area contributed by atoms with Crippen molar-refractivity contribution in [2.75, 3.05) is 5.75 Å². The summed E-state index contributed by atoms with van der Waals surface area (Å²) in [7, 11) is 1.92. The van der Waals surface area contributed by atoms with Crippen LogP contribution in [0, 0.1) is 0 Å². The van der Waals surface area contributed by atoms with Crippen LogP contribution >= 0.6 is 11.8 Å². The fourth-order valence-electron chi connectivity index (χ4n) is 3.81. The first-order valence-electron chi connectivity index (χ1n) is 10.7. The molecule has 1 atom stereocenters. The molecule has 3 aromatic rings. The van der Waals surface area contributed by atoms with E-state index >= 15 is 0 Å². The summed E-state index contributed by atoms with van der Waals surface area (Å²) in [6.07, 6.45) is 5.14. The van der Waals surface area contributed by atoms with Crippen LogP contribution in [0.4, 0.5) is 0 Å². The molecule has 1 fully saturated rings. The molecule has 6 nitrogen and oxygen atoms in total. The number of thioether (sulfide) groups is 1. The summed E-state index contributed by atoms with van der Waals surface area (Å²) in [5.74, 6) is 1.93. The van der Waals surface area contributed by atoms with E-state index in [1.807, 2.05) is 73.1 Å². The molecule has 31 heavy (non-hydrogen) atoms. The lowest BCUT2D eigenvalue weighted by molar-refractivity contribution is -0.119. The van der Waals surface area contributed by atoms with E-state index in [4.69, 9.17) is 4.74 Å². The first kappa shape index (κ1) is 21.4. The van der Waals surface area contributed by atoms with Crippen LogP contribution in [0.25, 0.3) is 11.4 Å². The van der Waals surface area contributed by atoms with Gasteiger partial charge in [0.25, 0.3) is 0 Å². The van der Waals surface area contributed by atoms with Crippen molar-refractivity contribution >= 4 is 17.7 Å². The zero-order valence-corrected chi connectivity index (χ0v) is 18.8. The minimum Gasteiger partial charge on any atom is -0.490 e. The quantitative estimate of drug-likeness (QED) is 0.515. The molecule has 0 aliphatic heterocycles. The lowest BCUT2D eigenvalue weighted by Gasteiger charge is -2.14. The fourth-order valence-corrected chi connectivity index (χ4v) is 4.53. The molecule has 7 heteroatoms. The second-order valence-electron chi connectivity index (χ2n) is 7.90. The summed E-state index contributed by atoms with van der Waals surface area (Å²) >= 11 is 1.38. The van der Waals surface area contributed by atoms with Gasteiger partial charge in [-0.15, -0.1) is 10.2 Å². The summed E-state index contributed by atoms with van der Waals surface area (Å²) < 4.78 is 7.96. The average Bonchev–Trinajstić information content (AvgIpc) is 3.43. The third kappa shape index (κ3) is 5.47. The van der Waals surface area contributed by atoms with Crippen LogP contribution in [-0.2, 0) is 11.8 Å². The van der Waals surface area contributed by atoms with Crippen LogP contribution in [0.3, 0.4) is 0 Å². The third-order valence-corrected chi connectivity index (χ3v) is 6.58. The Morgan fingerprint density at radius 2 is 1.84 bits per heavy atom. The van der Waals surface area contributed by atoms with Crippen molar-refractivity contribution in [3.05, 3.63) is 60.2 Å². The van der Waals surface area contributed by atoms with Crippen LogP contribution in [0.2, 0.25) is 0 Å². The Hall–Kier alpha value is -2.80. The van der Waals surface area contributed by atoms with E-state index in [1.165, 1.54) is 24.6 Å². The Kier molecular flexibility index (Phi) is 6.92. The number of hydrogen-bond donors (Lipinski definition) is 1. The maximum absolute atomic E-state index is 12.4. The van der Waals surface area contributed by atoms with E-state index < -0.39 is 0 Å². The summed E-state index contributed by atoms with van der Waals surface area (Å²) in [5, 5.41) is 12.3. The molecule has 0 spiro atoms. The molecular weight excluding hydrogens is 408 g/mol. The number of nitrogens with zero attached hydrogens (tertiary/aromatic N) is 3. The van der Waals surface area contributed by atoms with Gasteiger partial charge in [-0.05, 0) is 62.4 Å². The zero-order chi connectivity index (χ0) is 21.6. The molecule has 1 unspecified atom stereocenters. The Bertz CT molecular complexity index is 998. The van der Waals surface area contributed by atoms with E-state index in [1.54, 1.807) is 0 Å². The SMILES string of the molecule is CC(NC(=O)CSc1nnc(-c2ccc(OC3CCCC3)cc2)n1C)c1ccccc1. The highest BCUT2D eigenvalue weighted by Crippen LogP contribution is 2.27. The molecular formula is C24H28N4O2S. The predicted octanol–water partition coefficient (Wildman–Crippen LogP) is 4.77. The lowest BCUT2D eigenvalue weighted by Crippen LogP contribution is -2.28. The summed E-state index contributed by atoms with van der Waals surface area (Å²) in [6, 6.07) is 17.9. The van der Waals surface area contributed by atoms with Gasteiger partial charge in [-0.3, -0.25) is 4.79 Å². The van der Waals surface area contributed by atoms with Crippen LogP contribution in [0.5, 0.6) is 5.75 Å². The van der Waals surface area contributed by atoms with E-state index in [0.717, 1.165) is 35.5 Å². The Balaban J connectivity index is 1.33. The molecule has 1 aliphatic carbocycles. The van der Waals surface area contributed by atoms with Gasteiger partial charge in [-0.1, -0.05) is 42.1 Å². The first-order valence-corrected chi connectivity index (χ1v) is 11.7. The molecule has 0 radical (unpaired) electrons. The highest BCUT2D eigenvalue weighted by molar-refractivity contribution is 7.99. The smallest absolute Gasteiger partial charge is 0.230 e. The van der Waals surface area contributed by atoms with E-state index in [2.05, 4.69) is 15.5 Å². The molecule has 1 aliphatic rings. The Morgan fingerprint density at radius 3 is 2.55 bits per heavy atom. The minimum absolute atomic E-state index is 0.0284. The third-order valence-electron chi connectivity index (χ3n) is 5.56. The van der Waals surface area contributed by atoms with Crippen LogP contribution < -0.4 is 10.1 Å². The van der Waals surface area contributed by atoms with Crippen molar-refractivity contribution in [2.24, 2.45) is 7.05 Å². The topological polar surface area (TPSA) is 69.0 Å². The van der Waals surface area contributed by atoms with Gasteiger partial charge in [0.2, 0.25) is 5.91 Å². The number of benzene rings is 2. The maximum atomic E-state index is 12.4. The summed E-state index contributed by atoms with van der Waals surface area (Å²) in [5.41, 5.74) is 2.06. The van der Waals surface area contributed by atoms with Crippen molar-refractivity contribution in [1.29, 1.82) is 0 Å². The van der Waals surface area contributed by atoms with Gasteiger partial charge in [0.1, 0.15) is 5.75 Å². The Morgan fingerprint density at radius 1 is 1.13 bits per heavy atom. The van der Waals surface area contributed by atoms with E-state index in [9.17, 15) is 4.79 Å². The highest BCUT2D eigenvalue weighted by atomic mass is 32.2. The normalized spacial score (nSPS) is 15.0. The number of ether oxygens (including phenoxy) is 1. The standard InChI is InChI=1S/C24H28N4O2S/c1-17(18-8-4-3-5-9-18)25-22(29)16-31-24-27-26-23(28(24)2)19-12-14-21(15-13-19)30-20-10-6-7-11-20/h3-5,8-9,12-15,17,20H,6-7,10-11,16H2,1-2H3,(H,25,29). The second kappa shape index (κ2) is 10.0. The van der Waals surface area contributed by atoms with Crippen LogP contribution in [-0.4, -0.2) is 32.5 Å². The Labute approximate surface area is 187 Å². The van der Waals surface area contributed by atoms with Gasteiger partial charge in [0, 0.05) is 12.6 Å². The number of aromatic nitrogens is 3. The molecule has 0 bridgehead atoms. The van der Waals surface area contributed by atoms with Gasteiger partial charge < -0.3 is 14.6 Å². The number of carbonyl (C=O) groups is 1. The molecule has 1 amide bonds. The highest BCUT2D eigenvalue weighted by Gasteiger charge is 2.17. The van der Waals surface area contributed by atoms with Crippen molar-refractivity contribution in [1.82, 2.24) is 20.1 Å². The molecule has 1 saturated carbocycles. The van der Waals surface area contributed by atoms with Crippen molar-refractivity contribution < 1.29 is 9.53 Å². The number of nitrogens with one attached hydrogen (secondary N) is 1.